The van der Waals surface area contributed by atoms with Crippen molar-refractivity contribution in [2.45, 2.75) is 33.0 Å². The highest BCUT2D eigenvalue weighted by Crippen LogP contribution is 2.30. The van der Waals surface area contributed by atoms with Gasteiger partial charge in [-0.25, -0.2) is 0 Å². The lowest BCUT2D eigenvalue weighted by Gasteiger charge is -2.36. The van der Waals surface area contributed by atoms with Crippen LogP contribution in [0.25, 0.3) is 27.6 Å². The van der Waals surface area contributed by atoms with Gasteiger partial charge in [-0.3, -0.25) is 14.3 Å². The molecule has 5 rings (SSSR count). The van der Waals surface area contributed by atoms with E-state index in [1.807, 2.05) is 42.6 Å². The van der Waals surface area contributed by atoms with Crippen molar-refractivity contribution in [3.63, 3.8) is 0 Å². The number of aromatic nitrogens is 2. The number of hydrogen-bond acceptors (Lipinski definition) is 4. The summed E-state index contributed by atoms with van der Waals surface area (Å²) in [5, 5.41) is 1.71. The summed E-state index contributed by atoms with van der Waals surface area (Å²) in [4.78, 5) is 19.9. The molecule has 0 aliphatic carbocycles. The van der Waals surface area contributed by atoms with E-state index in [-0.39, 0.29) is 17.8 Å². The summed E-state index contributed by atoms with van der Waals surface area (Å²) in [5.74, 6) is 0. The maximum absolute atomic E-state index is 13.5. The Morgan fingerprint density at radius 1 is 0.906 bits per heavy atom. The van der Waals surface area contributed by atoms with Crippen molar-refractivity contribution in [1.82, 2.24) is 9.55 Å². The fraction of sp³-hybridized carbons (Fsp3) is 0.259. The number of rotatable bonds is 3. The van der Waals surface area contributed by atoms with E-state index in [4.69, 9.17) is 4.74 Å². The summed E-state index contributed by atoms with van der Waals surface area (Å²) in [6, 6.07) is 18.1. The van der Waals surface area contributed by atoms with Crippen LogP contribution in [0.1, 0.15) is 19.4 Å². The highest BCUT2D eigenvalue weighted by Gasteiger charge is 2.22. The van der Waals surface area contributed by atoms with Crippen molar-refractivity contribution in [3.8, 4) is 16.8 Å². The number of fused-ring (bicyclic) bond motifs is 1. The van der Waals surface area contributed by atoms with Crippen LogP contribution in [0, 0.1) is 6.92 Å². The molecular weight excluding hydrogens is 398 g/mol. The van der Waals surface area contributed by atoms with Gasteiger partial charge in [0.2, 0.25) is 0 Å². The lowest BCUT2D eigenvalue weighted by atomic mass is 9.97. The second-order valence-electron chi connectivity index (χ2n) is 8.63. The molecule has 1 unspecified atom stereocenters. The van der Waals surface area contributed by atoms with E-state index in [9.17, 15) is 4.79 Å². The first kappa shape index (κ1) is 20.5. The van der Waals surface area contributed by atoms with E-state index >= 15 is 0 Å². The summed E-state index contributed by atoms with van der Waals surface area (Å²) in [6.07, 6.45) is 5.92. The fourth-order valence-electron chi connectivity index (χ4n) is 4.78. The van der Waals surface area contributed by atoms with Crippen LogP contribution in [-0.4, -0.2) is 34.8 Å². The van der Waals surface area contributed by atoms with E-state index in [1.54, 1.807) is 17.0 Å². The van der Waals surface area contributed by atoms with Crippen molar-refractivity contribution in [3.05, 3.63) is 89.1 Å². The Morgan fingerprint density at radius 3 is 2.25 bits per heavy atom. The molecule has 3 heterocycles. The number of ether oxygens (including phenoxy) is 1. The molecule has 2 atom stereocenters. The number of pyridine rings is 2. The normalized spacial score (nSPS) is 18.8. The minimum Gasteiger partial charge on any atom is -0.372 e. The van der Waals surface area contributed by atoms with Gasteiger partial charge in [-0.2, -0.15) is 0 Å². The van der Waals surface area contributed by atoms with Gasteiger partial charge < -0.3 is 9.64 Å². The van der Waals surface area contributed by atoms with E-state index in [0.717, 1.165) is 51.9 Å². The zero-order valence-corrected chi connectivity index (χ0v) is 18.7. The van der Waals surface area contributed by atoms with Gasteiger partial charge in [0, 0.05) is 48.4 Å². The van der Waals surface area contributed by atoms with Crippen LogP contribution >= 0.6 is 0 Å². The minimum atomic E-state index is -0.0112. The fourth-order valence-corrected chi connectivity index (χ4v) is 4.78. The molecule has 0 amide bonds. The molecule has 2 aromatic carbocycles. The first-order valence-electron chi connectivity index (χ1n) is 11.1. The zero-order valence-electron chi connectivity index (χ0n) is 18.7. The molecule has 32 heavy (non-hydrogen) atoms. The summed E-state index contributed by atoms with van der Waals surface area (Å²) in [6.45, 7) is 8.02. The van der Waals surface area contributed by atoms with Crippen molar-refractivity contribution in [2.24, 2.45) is 0 Å². The smallest absolute Gasteiger partial charge is 0.262 e. The third-order valence-electron chi connectivity index (χ3n) is 6.13. The summed E-state index contributed by atoms with van der Waals surface area (Å²) >= 11 is 0. The Labute approximate surface area is 187 Å². The van der Waals surface area contributed by atoms with Crippen LogP contribution < -0.4 is 10.5 Å². The van der Waals surface area contributed by atoms with E-state index in [1.165, 1.54) is 0 Å². The summed E-state index contributed by atoms with van der Waals surface area (Å²) in [5.41, 5.74) is 5.19. The highest BCUT2D eigenvalue weighted by atomic mass is 16.5. The van der Waals surface area contributed by atoms with Crippen LogP contribution in [-0.2, 0) is 4.74 Å². The molecule has 2 aromatic heterocycles. The zero-order chi connectivity index (χ0) is 22.2. The van der Waals surface area contributed by atoms with Gasteiger partial charge in [-0.1, -0.05) is 12.1 Å². The van der Waals surface area contributed by atoms with Crippen LogP contribution in [0.15, 0.2) is 78.0 Å². The number of hydrogen-bond donors (Lipinski definition) is 0. The van der Waals surface area contributed by atoms with Crippen LogP contribution in [0.2, 0.25) is 0 Å². The Hall–Kier alpha value is -3.44. The average Bonchev–Trinajstić information content (AvgIpc) is 2.81. The third-order valence-corrected chi connectivity index (χ3v) is 6.13. The molecule has 1 fully saturated rings. The number of nitrogens with zero attached hydrogens (tertiary/aromatic N) is 3. The van der Waals surface area contributed by atoms with Gasteiger partial charge in [0.05, 0.1) is 12.2 Å². The molecule has 0 radical (unpaired) electrons. The molecule has 0 bridgehead atoms. The Bertz CT molecular complexity index is 1300. The quantitative estimate of drug-likeness (QED) is 0.465. The number of aryl methyl sites for hydroxylation is 1. The molecule has 0 N–H and O–H groups in total. The van der Waals surface area contributed by atoms with Gasteiger partial charge in [0.25, 0.3) is 5.56 Å². The molecular formula is C27H27N3O2. The summed E-state index contributed by atoms with van der Waals surface area (Å²) in [7, 11) is 0. The van der Waals surface area contributed by atoms with Gasteiger partial charge in [-0.15, -0.1) is 0 Å². The Balaban J connectivity index is 1.56. The number of morpholine rings is 1. The molecule has 0 saturated carbocycles. The predicted octanol–water partition coefficient (Wildman–Crippen LogP) is 4.97. The lowest BCUT2D eigenvalue weighted by Crippen LogP contribution is -2.45. The van der Waals surface area contributed by atoms with Crippen molar-refractivity contribution in [2.75, 3.05) is 18.0 Å². The van der Waals surface area contributed by atoms with Gasteiger partial charge in [0.1, 0.15) is 0 Å². The lowest BCUT2D eigenvalue weighted by molar-refractivity contribution is -0.00521. The largest absolute Gasteiger partial charge is 0.372 e. The molecule has 1 aliphatic rings. The second kappa shape index (κ2) is 8.24. The van der Waals surface area contributed by atoms with Crippen molar-refractivity contribution in [1.29, 1.82) is 0 Å². The maximum Gasteiger partial charge on any atom is 0.262 e. The molecule has 4 aromatic rings. The molecule has 1 saturated heterocycles. The first-order chi connectivity index (χ1) is 15.5. The molecule has 0 spiro atoms. The van der Waals surface area contributed by atoms with Gasteiger partial charge >= 0.3 is 0 Å². The topological polar surface area (TPSA) is 47.4 Å². The SMILES string of the molecule is Cc1cn(-c2ccc(N3CC(C)O[C@H](C)C3)cc2)c(=O)c2cccc(-c3ccncc3)c12. The Kier molecular flexibility index (Phi) is 5.27. The monoisotopic (exact) mass is 425 g/mol. The standard InChI is InChI=1S/C27H27N3O2/c1-18-15-30(23-9-7-22(8-10-23)29-16-19(2)32-20(3)17-29)27(31)25-6-4-5-24(26(18)25)21-11-13-28-14-12-21/h4-15,19-20H,16-17H2,1-3H3/t19-,20?/m1/s1. The molecule has 5 nitrogen and oxygen atoms in total. The van der Waals surface area contributed by atoms with Gasteiger partial charge in [0.15, 0.2) is 0 Å². The number of anilines is 1. The van der Waals surface area contributed by atoms with E-state index < -0.39 is 0 Å². The van der Waals surface area contributed by atoms with Crippen molar-refractivity contribution < 1.29 is 4.74 Å². The predicted molar refractivity (Wildman–Crippen MR) is 130 cm³/mol. The second-order valence-corrected chi connectivity index (χ2v) is 8.63. The average molecular weight is 426 g/mol. The minimum absolute atomic E-state index is 0.0112. The Morgan fingerprint density at radius 2 is 1.56 bits per heavy atom. The van der Waals surface area contributed by atoms with Gasteiger partial charge in [-0.05, 0) is 85.3 Å². The van der Waals surface area contributed by atoms with Crippen LogP contribution in [0.4, 0.5) is 5.69 Å². The highest BCUT2D eigenvalue weighted by molar-refractivity contribution is 5.98. The molecule has 5 heteroatoms. The van der Waals surface area contributed by atoms with E-state index in [0.29, 0.717) is 0 Å². The van der Waals surface area contributed by atoms with Crippen LogP contribution in [0.5, 0.6) is 0 Å². The van der Waals surface area contributed by atoms with Crippen molar-refractivity contribution >= 4 is 16.5 Å². The first-order valence-corrected chi connectivity index (χ1v) is 11.1. The summed E-state index contributed by atoms with van der Waals surface area (Å²) < 4.78 is 7.60. The maximum atomic E-state index is 13.5. The number of benzene rings is 2. The van der Waals surface area contributed by atoms with E-state index in [2.05, 4.69) is 48.9 Å². The van der Waals surface area contributed by atoms with Crippen LogP contribution in [0.3, 0.4) is 0 Å². The molecule has 162 valence electrons. The molecule has 1 aliphatic heterocycles. The third kappa shape index (κ3) is 3.69.